The smallest absolute Gasteiger partial charge is 0.118 e. The summed E-state index contributed by atoms with van der Waals surface area (Å²) in [5.74, 6) is 0.894. The number of methoxy groups -OCH3 is 1. The molecule has 15 heavy (non-hydrogen) atoms. The molecule has 0 radical (unpaired) electrons. The van der Waals surface area contributed by atoms with Crippen LogP contribution in [0.15, 0.2) is 24.3 Å². The van der Waals surface area contributed by atoms with Crippen LogP contribution in [0.25, 0.3) is 0 Å². The fourth-order valence-corrected chi connectivity index (χ4v) is 1.23. The monoisotopic (exact) mass is 210 g/mol. The van der Waals surface area contributed by atoms with Crippen LogP contribution in [0.2, 0.25) is 0 Å². The molecule has 2 nitrogen and oxygen atoms in total. The number of aliphatic hydroxyl groups excluding tert-OH is 1. The second-order valence-electron chi connectivity index (χ2n) is 3.03. The molecule has 1 rings (SSSR count). The molecule has 0 aliphatic heterocycles. The van der Waals surface area contributed by atoms with E-state index in [-0.39, 0.29) is 6.61 Å². The van der Waals surface area contributed by atoms with Gasteiger partial charge in [-0.2, -0.15) is 0 Å². The minimum atomic E-state index is 0.288. The molecule has 1 N–H and O–H groups in total. The highest BCUT2D eigenvalue weighted by Crippen LogP contribution is 2.12. The van der Waals surface area contributed by atoms with Crippen molar-refractivity contribution in [2.45, 2.75) is 33.1 Å². The lowest BCUT2D eigenvalue weighted by atomic mass is 10.1. The van der Waals surface area contributed by atoms with Gasteiger partial charge in [0.1, 0.15) is 5.75 Å². The third-order valence-corrected chi connectivity index (χ3v) is 2.03. The predicted octanol–water partition coefficient (Wildman–Crippen LogP) is 3.04. The number of unbranched alkanes of at least 4 members (excludes halogenated alkanes) is 1. The summed E-state index contributed by atoms with van der Waals surface area (Å²) in [4.78, 5) is 0. The number of aliphatic hydroxyl groups is 1. The van der Waals surface area contributed by atoms with Gasteiger partial charge in [-0.15, -0.1) is 0 Å². The zero-order valence-corrected chi connectivity index (χ0v) is 9.99. The Hall–Kier alpha value is -1.02. The van der Waals surface area contributed by atoms with Gasteiger partial charge < -0.3 is 9.84 Å². The lowest BCUT2D eigenvalue weighted by Gasteiger charge is -2.02. The lowest BCUT2D eigenvalue weighted by Crippen LogP contribution is -1.89. The largest absolute Gasteiger partial charge is 0.497 e. The van der Waals surface area contributed by atoms with Crippen LogP contribution in [0.3, 0.4) is 0 Å². The third kappa shape index (κ3) is 6.13. The summed E-state index contributed by atoms with van der Waals surface area (Å²) in [6.45, 7) is 4.29. The maximum absolute atomic E-state index is 8.61. The Morgan fingerprint density at radius 2 is 1.67 bits per heavy atom. The maximum Gasteiger partial charge on any atom is 0.118 e. The molecule has 0 amide bonds. The molecule has 1 aromatic carbocycles. The highest BCUT2D eigenvalue weighted by atomic mass is 16.5. The van der Waals surface area contributed by atoms with Crippen molar-refractivity contribution in [3.63, 3.8) is 0 Å². The molecular formula is C13H22O2. The molecule has 1 aromatic rings. The first-order valence-electron chi connectivity index (χ1n) is 5.60. The normalized spacial score (nSPS) is 9.07. The Morgan fingerprint density at radius 3 is 2.13 bits per heavy atom. The van der Waals surface area contributed by atoms with Crippen LogP contribution in [-0.4, -0.2) is 18.8 Å². The van der Waals surface area contributed by atoms with Crippen LogP contribution >= 0.6 is 0 Å². The van der Waals surface area contributed by atoms with Gasteiger partial charge in [-0.05, 0) is 37.0 Å². The highest BCUT2D eigenvalue weighted by Gasteiger charge is 1.93. The maximum atomic E-state index is 8.61. The van der Waals surface area contributed by atoms with E-state index in [4.69, 9.17) is 9.84 Å². The van der Waals surface area contributed by atoms with Gasteiger partial charge in [0.05, 0.1) is 7.11 Å². The number of ether oxygens (including phenoxy) is 1. The molecule has 0 saturated heterocycles. The standard InChI is InChI=1S/C11H16O2.C2H6/c1-13-11-7-5-10(6-8-11)4-2-3-9-12;1-2/h5-8,12H,2-4,9H2,1H3;1-2H3. The van der Waals surface area contributed by atoms with Gasteiger partial charge in [0.2, 0.25) is 0 Å². The van der Waals surface area contributed by atoms with Crippen LogP contribution in [0.5, 0.6) is 5.75 Å². The van der Waals surface area contributed by atoms with E-state index in [9.17, 15) is 0 Å². The Morgan fingerprint density at radius 1 is 1.07 bits per heavy atom. The van der Waals surface area contributed by atoms with Crippen LogP contribution < -0.4 is 4.74 Å². The Labute approximate surface area is 92.9 Å². The number of hydrogen-bond acceptors (Lipinski definition) is 2. The summed E-state index contributed by atoms with van der Waals surface area (Å²) in [6.07, 6.45) is 2.96. The first kappa shape index (κ1) is 14.0. The Balaban J connectivity index is 0.000000921. The molecular weight excluding hydrogens is 188 g/mol. The minimum Gasteiger partial charge on any atom is -0.497 e. The molecule has 0 heterocycles. The van der Waals surface area contributed by atoms with Crippen LogP contribution in [-0.2, 0) is 6.42 Å². The zero-order chi connectivity index (χ0) is 11.5. The molecule has 0 atom stereocenters. The summed E-state index contributed by atoms with van der Waals surface area (Å²) in [5.41, 5.74) is 1.30. The lowest BCUT2D eigenvalue weighted by molar-refractivity contribution is 0.284. The first-order valence-corrected chi connectivity index (χ1v) is 5.60. The van der Waals surface area contributed by atoms with Crippen molar-refractivity contribution in [3.8, 4) is 5.75 Å². The van der Waals surface area contributed by atoms with Crippen LogP contribution in [0, 0.1) is 0 Å². The van der Waals surface area contributed by atoms with E-state index in [0.717, 1.165) is 25.0 Å². The van der Waals surface area contributed by atoms with Gasteiger partial charge >= 0.3 is 0 Å². The molecule has 0 bridgehead atoms. The van der Waals surface area contributed by atoms with Crippen molar-refractivity contribution >= 4 is 0 Å². The summed E-state index contributed by atoms with van der Waals surface area (Å²) in [6, 6.07) is 8.06. The van der Waals surface area contributed by atoms with E-state index < -0.39 is 0 Å². The van der Waals surface area contributed by atoms with Gasteiger partial charge in [-0.1, -0.05) is 26.0 Å². The fourth-order valence-electron chi connectivity index (χ4n) is 1.23. The molecule has 0 spiro atoms. The van der Waals surface area contributed by atoms with E-state index in [1.807, 2.05) is 26.0 Å². The average Bonchev–Trinajstić information content (AvgIpc) is 2.33. The van der Waals surface area contributed by atoms with E-state index in [1.165, 1.54) is 5.56 Å². The summed E-state index contributed by atoms with van der Waals surface area (Å²) < 4.78 is 5.05. The van der Waals surface area contributed by atoms with Gasteiger partial charge in [0, 0.05) is 6.61 Å². The molecule has 0 saturated carbocycles. The average molecular weight is 210 g/mol. The van der Waals surface area contributed by atoms with Gasteiger partial charge in [-0.3, -0.25) is 0 Å². The first-order chi connectivity index (χ1) is 7.36. The van der Waals surface area contributed by atoms with E-state index in [2.05, 4.69) is 12.1 Å². The Bertz CT molecular complexity index is 229. The van der Waals surface area contributed by atoms with Crippen molar-refractivity contribution in [1.29, 1.82) is 0 Å². The van der Waals surface area contributed by atoms with Crippen LogP contribution in [0.4, 0.5) is 0 Å². The van der Waals surface area contributed by atoms with Crippen molar-refractivity contribution in [3.05, 3.63) is 29.8 Å². The number of aryl methyl sites for hydroxylation is 1. The van der Waals surface area contributed by atoms with Gasteiger partial charge in [-0.25, -0.2) is 0 Å². The van der Waals surface area contributed by atoms with Crippen molar-refractivity contribution < 1.29 is 9.84 Å². The third-order valence-electron chi connectivity index (χ3n) is 2.03. The molecule has 2 heteroatoms. The second-order valence-corrected chi connectivity index (χ2v) is 3.03. The minimum absolute atomic E-state index is 0.288. The summed E-state index contributed by atoms with van der Waals surface area (Å²) >= 11 is 0. The van der Waals surface area contributed by atoms with Crippen molar-refractivity contribution in [2.24, 2.45) is 0 Å². The molecule has 0 aromatic heterocycles. The van der Waals surface area contributed by atoms with Crippen molar-refractivity contribution in [1.82, 2.24) is 0 Å². The van der Waals surface area contributed by atoms with Gasteiger partial charge in [0.15, 0.2) is 0 Å². The zero-order valence-electron chi connectivity index (χ0n) is 9.99. The summed E-state index contributed by atoms with van der Waals surface area (Å²) in [7, 11) is 1.67. The quantitative estimate of drug-likeness (QED) is 0.757. The molecule has 0 aliphatic carbocycles. The molecule has 0 aliphatic rings. The van der Waals surface area contributed by atoms with E-state index in [1.54, 1.807) is 7.11 Å². The molecule has 0 fully saturated rings. The topological polar surface area (TPSA) is 29.5 Å². The SMILES string of the molecule is CC.COc1ccc(CCCCO)cc1. The Kier molecular flexibility index (Phi) is 8.88. The predicted molar refractivity (Wildman–Crippen MR) is 64.4 cm³/mol. The molecule has 0 unspecified atom stereocenters. The highest BCUT2D eigenvalue weighted by molar-refractivity contribution is 5.27. The number of rotatable bonds is 5. The molecule has 86 valence electrons. The van der Waals surface area contributed by atoms with E-state index >= 15 is 0 Å². The number of benzene rings is 1. The van der Waals surface area contributed by atoms with E-state index in [0.29, 0.717) is 0 Å². The van der Waals surface area contributed by atoms with Crippen molar-refractivity contribution in [2.75, 3.05) is 13.7 Å². The van der Waals surface area contributed by atoms with Gasteiger partial charge in [0.25, 0.3) is 0 Å². The second kappa shape index (κ2) is 9.53. The fraction of sp³-hybridized carbons (Fsp3) is 0.538. The summed E-state index contributed by atoms with van der Waals surface area (Å²) in [5, 5.41) is 8.61. The number of hydrogen-bond donors (Lipinski definition) is 1. The van der Waals surface area contributed by atoms with Crippen LogP contribution in [0.1, 0.15) is 32.3 Å².